The van der Waals surface area contributed by atoms with Gasteiger partial charge >= 0.3 is 12.2 Å². The molecule has 2 heterocycles. The number of benzene rings is 1. The highest BCUT2D eigenvalue weighted by atomic mass is 19.4. The molecule has 2 atom stereocenters. The summed E-state index contributed by atoms with van der Waals surface area (Å²) in [4.78, 5) is 15.5. The Labute approximate surface area is 155 Å². The van der Waals surface area contributed by atoms with Crippen molar-refractivity contribution in [2.45, 2.75) is 44.4 Å². The summed E-state index contributed by atoms with van der Waals surface area (Å²) in [5.41, 5.74) is 6.89. The molecule has 4 N–H and O–H groups in total. The quantitative estimate of drug-likeness (QED) is 0.761. The van der Waals surface area contributed by atoms with E-state index in [1.54, 1.807) is 10.9 Å². The Balaban J connectivity index is 1.71. The number of rotatable bonds is 4. The summed E-state index contributed by atoms with van der Waals surface area (Å²) in [6, 6.07) is 4.66. The molecular formula is C18H22F3N5O. The number of primary amides is 1. The molecule has 1 aromatic carbocycles. The first-order valence-corrected chi connectivity index (χ1v) is 8.74. The first-order valence-electron chi connectivity index (χ1n) is 8.74. The average molecular weight is 381 g/mol. The minimum Gasteiger partial charge on any atom is -0.352 e. The van der Waals surface area contributed by atoms with Crippen molar-refractivity contribution in [1.82, 2.24) is 20.2 Å². The van der Waals surface area contributed by atoms with Gasteiger partial charge in [0.25, 0.3) is 0 Å². The number of carbonyl (C=O) groups excluding carboxylic acids is 1. The number of urea groups is 1. The standard InChI is InChI=1S/C18H22F3N5O/c1-11-16(9-14-8-13(6-7-23-14)25-17(22)27)24-10-26(11)15-4-2-12(3-5-15)18(19,20)21/h2-5,10,13-14,23H,6-9H2,1H3,(H3,22,25,27). The summed E-state index contributed by atoms with van der Waals surface area (Å²) >= 11 is 0. The van der Waals surface area contributed by atoms with Gasteiger partial charge in [0, 0.05) is 29.9 Å². The molecule has 27 heavy (non-hydrogen) atoms. The van der Waals surface area contributed by atoms with E-state index in [9.17, 15) is 18.0 Å². The van der Waals surface area contributed by atoms with Gasteiger partial charge in [0.05, 0.1) is 17.6 Å². The predicted molar refractivity (Wildman–Crippen MR) is 94.5 cm³/mol. The maximum atomic E-state index is 12.7. The number of amides is 2. The van der Waals surface area contributed by atoms with E-state index in [0.29, 0.717) is 12.1 Å². The molecule has 0 saturated carbocycles. The van der Waals surface area contributed by atoms with Crippen LogP contribution >= 0.6 is 0 Å². The summed E-state index contributed by atoms with van der Waals surface area (Å²) < 4.78 is 39.9. The number of nitrogens with two attached hydrogens (primary N) is 1. The van der Waals surface area contributed by atoms with Gasteiger partial charge in [-0.25, -0.2) is 9.78 Å². The zero-order chi connectivity index (χ0) is 19.6. The van der Waals surface area contributed by atoms with Gasteiger partial charge in [-0.3, -0.25) is 0 Å². The lowest BCUT2D eigenvalue weighted by atomic mass is 9.95. The van der Waals surface area contributed by atoms with Crippen molar-refractivity contribution in [2.75, 3.05) is 6.54 Å². The molecule has 1 saturated heterocycles. The molecule has 2 aromatic rings. The van der Waals surface area contributed by atoms with Gasteiger partial charge in [-0.1, -0.05) is 0 Å². The van der Waals surface area contributed by atoms with Crippen molar-refractivity contribution >= 4 is 6.03 Å². The van der Waals surface area contributed by atoms with Crippen LogP contribution in [0.4, 0.5) is 18.0 Å². The second-order valence-corrected chi connectivity index (χ2v) is 6.78. The molecule has 1 fully saturated rings. The molecule has 1 aliphatic rings. The molecule has 1 aromatic heterocycles. The first kappa shape index (κ1) is 19.2. The van der Waals surface area contributed by atoms with Crippen LogP contribution < -0.4 is 16.4 Å². The first-order chi connectivity index (χ1) is 12.7. The summed E-state index contributed by atoms with van der Waals surface area (Å²) in [6.45, 7) is 2.66. The van der Waals surface area contributed by atoms with E-state index < -0.39 is 17.8 Å². The SMILES string of the molecule is Cc1c(CC2CC(NC(N)=O)CCN2)ncn1-c1ccc(C(F)(F)F)cc1. The summed E-state index contributed by atoms with van der Waals surface area (Å²) in [7, 11) is 0. The van der Waals surface area contributed by atoms with Crippen LogP contribution in [-0.2, 0) is 12.6 Å². The van der Waals surface area contributed by atoms with Crippen molar-refractivity contribution < 1.29 is 18.0 Å². The molecule has 6 nitrogen and oxygen atoms in total. The number of alkyl halides is 3. The fraction of sp³-hybridized carbons (Fsp3) is 0.444. The van der Waals surface area contributed by atoms with Crippen molar-refractivity contribution in [3.05, 3.63) is 47.5 Å². The van der Waals surface area contributed by atoms with Crippen LogP contribution in [0.15, 0.2) is 30.6 Å². The van der Waals surface area contributed by atoms with E-state index in [1.165, 1.54) is 12.1 Å². The third-order valence-electron chi connectivity index (χ3n) is 4.86. The number of aromatic nitrogens is 2. The van der Waals surface area contributed by atoms with Crippen LogP contribution in [-0.4, -0.2) is 34.2 Å². The number of nitrogens with one attached hydrogen (secondary N) is 2. The van der Waals surface area contributed by atoms with E-state index >= 15 is 0 Å². The Morgan fingerprint density at radius 2 is 2.07 bits per heavy atom. The molecule has 0 radical (unpaired) electrons. The van der Waals surface area contributed by atoms with E-state index in [2.05, 4.69) is 15.6 Å². The van der Waals surface area contributed by atoms with Crippen molar-refractivity contribution in [1.29, 1.82) is 0 Å². The van der Waals surface area contributed by atoms with E-state index in [0.717, 1.165) is 42.9 Å². The second-order valence-electron chi connectivity index (χ2n) is 6.78. The minimum absolute atomic E-state index is 0.0334. The Hall–Kier alpha value is -2.55. The Kier molecular flexibility index (Phi) is 5.41. The largest absolute Gasteiger partial charge is 0.416 e. The molecule has 146 valence electrons. The zero-order valence-electron chi connectivity index (χ0n) is 14.9. The highest BCUT2D eigenvalue weighted by Gasteiger charge is 2.30. The summed E-state index contributed by atoms with van der Waals surface area (Å²) in [5.74, 6) is 0. The number of piperidine rings is 1. The third-order valence-corrected chi connectivity index (χ3v) is 4.86. The maximum absolute atomic E-state index is 12.7. The predicted octanol–water partition coefficient (Wildman–Crippen LogP) is 2.53. The van der Waals surface area contributed by atoms with Crippen molar-refractivity contribution in [3.8, 4) is 5.69 Å². The van der Waals surface area contributed by atoms with Gasteiger partial charge in [-0.05, 0) is 50.6 Å². The zero-order valence-corrected chi connectivity index (χ0v) is 14.9. The number of hydrogen-bond acceptors (Lipinski definition) is 3. The fourth-order valence-corrected chi connectivity index (χ4v) is 3.45. The van der Waals surface area contributed by atoms with Crippen LogP contribution in [0.5, 0.6) is 0 Å². The molecule has 9 heteroatoms. The van der Waals surface area contributed by atoms with E-state index in [-0.39, 0.29) is 12.1 Å². The molecule has 0 spiro atoms. The summed E-state index contributed by atoms with van der Waals surface area (Å²) in [5, 5.41) is 6.15. The molecular weight excluding hydrogens is 359 g/mol. The highest BCUT2D eigenvalue weighted by molar-refractivity contribution is 5.71. The lowest BCUT2D eigenvalue weighted by Crippen LogP contribution is -2.49. The van der Waals surface area contributed by atoms with Crippen molar-refractivity contribution in [3.63, 3.8) is 0 Å². The van der Waals surface area contributed by atoms with Crippen LogP contribution in [0.3, 0.4) is 0 Å². The molecule has 2 unspecified atom stereocenters. The second kappa shape index (κ2) is 7.59. The number of hydrogen-bond donors (Lipinski definition) is 3. The third kappa shape index (κ3) is 4.60. The van der Waals surface area contributed by atoms with E-state index in [4.69, 9.17) is 5.73 Å². The monoisotopic (exact) mass is 381 g/mol. The molecule has 2 amide bonds. The average Bonchev–Trinajstić information content (AvgIpc) is 2.95. The number of halogens is 3. The van der Waals surface area contributed by atoms with Crippen molar-refractivity contribution in [2.24, 2.45) is 5.73 Å². The van der Waals surface area contributed by atoms with Gasteiger partial charge in [-0.2, -0.15) is 13.2 Å². The number of imidazole rings is 1. The van der Waals surface area contributed by atoms with Crippen LogP contribution in [0.25, 0.3) is 5.69 Å². The minimum atomic E-state index is -4.35. The number of carbonyl (C=O) groups is 1. The van der Waals surface area contributed by atoms with Crippen LogP contribution in [0, 0.1) is 6.92 Å². The van der Waals surface area contributed by atoms with Gasteiger partial charge < -0.3 is 20.9 Å². The Morgan fingerprint density at radius 3 is 2.70 bits per heavy atom. The summed E-state index contributed by atoms with van der Waals surface area (Å²) in [6.07, 6.45) is -0.505. The molecule has 0 aliphatic carbocycles. The molecule has 0 bridgehead atoms. The van der Waals surface area contributed by atoms with Gasteiger partial charge in [-0.15, -0.1) is 0 Å². The number of nitrogens with zero attached hydrogens (tertiary/aromatic N) is 2. The maximum Gasteiger partial charge on any atom is 0.416 e. The lowest BCUT2D eigenvalue weighted by molar-refractivity contribution is -0.137. The normalized spacial score (nSPS) is 20.4. The molecule has 1 aliphatic heterocycles. The van der Waals surface area contributed by atoms with Crippen LogP contribution in [0.1, 0.15) is 29.8 Å². The van der Waals surface area contributed by atoms with Gasteiger partial charge in [0.2, 0.25) is 0 Å². The fourth-order valence-electron chi connectivity index (χ4n) is 3.45. The Bertz CT molecular complexity index is 800. The Morgan fingerprint density at radius 1 is 1.37 bits per heavy atom. The smallest absolute Gasteiger partial charge is 0.352 e. The van der Waals surface area contributed by atoms with Gasteiger partial charge in [0.1, 0.15) is 0 Å². The highest BCUT2D eigenvalue weighted by Crippen LogP contribution is 2.30. The van der Waals surface area contributed by atoms with E-state index in [1.807, 2.05) is 6.92 Å². The molecule has 3 rings (SSSR count). The van der Waals surface area contributed by atoms with Crippen LogP contribution in [0.2, 0.25) is 0 Å². The topological polar surface area (TPSA) is 85.0 Å². The van der Waals surface area contributed by atoms with Gasteiger partial charge in [0.15, 0.2) is 0 Å². The lowest BCUT2D eigenvalue weighted by Gasteiger charge is -2.30.